The summed E-state index contributed by atoms with van der Waals surface area (Å²) in [6.45, 7) is 5.61. The van der Waals surface area contributed by atoms with Crippen LogP contribution in [0.4, 0.5) is 0 Å². The van der Waals surface area contributed by atoms with E-state index < -0.39 is 11.4 Å². The van der Waals surface area contributed by atoms with E-state index in [2.05, 4.69) is 19.2 Å². The highest BCUT2D eigenvalue weighted by Gasteiger charge is 2.41. The molecule has 2 aliphatic rings. The fourth-order valence-electron chi connectivity index (χ4n) is 3.74. The average molecular weight is 311 g/mol. The quantitative estimate of drug-likeness (QED) is 0.818. The van der Waals surface area contributed by atoms with Crippen molar-refractivity contribution in [3.8, 4) is 0 Å². The second kappa shape index (κ2) is 6.99. The van der Waals surface area contributed by atoms with Gasteiger partial charge in [0.05, 0.1) is 5.41 Å². The fourth-order valence-corrected chi connectivity index (χ4v) is 3.74. The largest absolute Gasteiger partial charge is 0.481 e. The highest BCUT2D eigenvalue weighted by Crippen LogP contribution is 2.42. The molecule has 0 aromatic carbocycles. The lowest BCUT2D eigenvalue weighted by Crippen LogP contribution is -2.47. The zero-order chi connectivity index (χ0) is 16.2. The Morgan fingerprint density at radius 3 is 2.45 bits per heavy atom. The number of hydrogen-bond donors (Lipinski definition) is 2. The molecule has 5 nitrogen and oxygen atoms in total. The smallest absolute Gasteiger partial charge is 0.311 e. The first-order chi connectivity index (χ1) is 10.4. The second-order valence-corrected chi connectivity index (χ2v) is 7.61. The Kier molecular flexibility index (Phi) is 5.48. The van der Waals surface area contributed by atoms with Crippen LogP contribution >= 0.6 is 0 Å². The molecule has 0 aromatic rings. The molecule has 1 aliphatic carbocycles. The maximum Gasteiger partial charge on any atom is 0.311 e. The van der Waals surface area contributed by atoms with Gasteiger partial charge in [0.2, 0.25) is 5.91 Å². The number of carboxylic acids is 1. The van der Waals surface area contributed by atoms with Gasteiger partial charge in [-0.3, -0.25) is 9.59 Å². The predicted octanol–water partition coefficient (Wildman–Crippen LogP) is 2.59. The number of carbonyl (C=O) groups is 2. The van der Waals surface area contributed by atoms with Crippen LogP contribution in [-0.2, 0) is 14.3 Å². The van der Waals surface area contributed by atoms with Gasteiger partial charge in [-0.25, -0.2) is 0 Å². The Hall–Kier alpha value is -1.10. The summed E-state index contributed by atoms with van der Waals surface area (Å²) in [6.07, 6.45) is 6.15. The van der Waals surface area contributed by atoms with E-state index in [1.807, 2.05) is 0 Å². The number of rotatable bonds is 5. The zero-order valence-electron chi connectivity index (χ0n) is 13.8. The maximum atomic E-state index is 12.3. The molecule has 2 rings (SSSR count). The van der Waals surface area contributed by atoms with Crippen LogP contribution in [0.1, 0.15) is 58.8 Å². The topological polar surface area (TPSA) is 75.6 Å². The molecule has 1 saturated heterocycles. The van der Waals surface area contributed by atoms with Crippen molar-refractivity contribution in [1.82, 2.24) is 5.32 Å². The summed E-state index contributed by atoms with van der Waals surface area (Å²) in [5.74, 6) is -0.432. The van der Waals surface area contributed by atoms with Crippen LogP contribution in [-0.4, -0.2) is 36.7 Å². The lowest BCUT2D eigenvalue weighted by molar-refractivity contribution is -0.154. The Morgan fingerprint density at radius 2 is 1.86 bits per heavy atom. The van der Waals surface area contributed by atoms with E-state index in [-0.39, 0.29) is 17.9 Å². The van der Waals surface area contributed by atoms with Crippen LogP contribution in [0.3, 0.4) is 0 Å². The molecule has 0 spiro atoms. The number of carboxylic acid groups (broad SMARTS) is 1. The van der Waals surface area contributed by atoms with E-state index in [4.69, 9.17) is 4.74 Å². The summed E-state index contributed by atoms with van der Waals surface area (Å²) in [7, 11) is 0. The molecule has 2 N–H and O–H groups in total. The first-order valence-electron chi connectivity index (χ1n) is 8.44. The number of nitrogens with one attached hydrogen (secondary N) is 1. The minimum absolute atomic E-state index is 0.00732. The van der Waals surface area contributed by atoms with Gasteiger partial charge in [-0.2, -0.15) is 0 Å². The van der Waals surface area contributed by atoms with Gasteiger partial charge in [-0.1, -0.05) is 26.7 Å². The van der Waals surface area contributed by atoms with E-state index >= 15 is 0 Å². The number of ether oxygens (including phenoxy) is 1. The average Bonchev–Trinajstić information content (AvgIpc) is 2.48. The summed E-state index contributed by atoms with van der Waals surface area (Å²) in [6, 6.07) is 0. The molecule has 1 amide bonds. The maximum absolute atomic E-state index is 12.3. The Morgan fingerprint density at radius 1 is 1.18 bits per heavy atom. The molecule has 1 heterocycles. The van der Waals surface area contributed by atoms with Gasteiger partial charge in [0, 0.05) is 26.2 Å². The van der Waals surface area contributed by atoms with E-state index in [0.717, 1.165) is 6.42 Å². The van der Waals surface area contributed by atoms with E-state index in [1.54, 1.807) is 0 Å². The summed E-state index contributed by atoms with van der Waals surface area (Å²) in [5.41, 5.74) is -0.644. The van der Waals surface area contributed by atoms with Crippen LogP contribution in [0, 0.1) is 16.7 Å². The fraction of sp³-hybridized carbons (Fsp3) is 0.882. The minimum Gasteiger partial charge on any atom is -0.481 e. The van der Waals surface area contributed by atoms with Crippen LogP contribution in [0.25, 0.3) is 0 Å². The Bertz CT molecular complexity index is 413. The molecule has 22 heavy (non-hydrogen) atoms. The summed E-state index contributed by atoms with van der Waals surface area (Å²) < 4.78 is 5.25. The Balaban J connectivity index is 1.87. The highest BCUT2D eigenvalue weighted by molar-refractivity contribution is 5.79. The van der Waals surface area contributed by atoms with E-state index in [1.165, 1.54) is 19.3 Å². The molecule has 2 fully saturated rings. The molecular formula is C17H29NO4. The van der Waals surface area contributed by atoms with Crippen molar-refractivity contribution in [2.75, 3.05) is 19.8 Å². The molecule has 1 saturated carbocycles. The predicted molar refractivity (Wildman–Crippen MR) is 83.5 cm³/mol. The molecule has 1 unspecified atom stereocenters. The first-order valence-corrected chi connectivity index (χ1v) is 8.44. The standard InChI is InChI=1S/C17H29NO4/c1-16(2)6-4-3-5-13(16)11-14(19)18-12-17(15(20)21)7-9-22-10-8-17/h13H,3-12H2,1-2H3,(H,18,19)(H,20,21). The summed E-state index contributed by atoms with van der Waals surface area (Å²) >= 11 is 0. The van der Waals surface area contributed by atoms with E-state index in [0.29, 0.717) is 38.4 Å². The van der Waals surface area contributed by atoms with Crippen LogP contribution in [0.5, 0.6) is 0 Å². The lowest BCUT2D eigenvalue weighted by atomic mass is 9.67. The molecule has 0 bridgehead atoms. The Labute approximate surface area is 132 Å². The first kappa shape index (κ1) is 17.3. The van der Waals surface area contributed by atoms with Crippen LogP contribution in [0.2, 0.25) is 0 Å². The van der Waals surface area contributed by atoms with Gasteiger partial charge in [-0.15, -0.1) is 0 Å². The molecule has 1 aliphatic heterocycles. The van der Waals surface area contributed by atoms with Gasteiger partial charge < -0.3 is 15.2 Å². The molecule has 0 aromatic heterocycles. The molecule has 1 atom stereocenters. The monoisotopic (exact) mass is 311 g/mol. The number of hydrogen-bond acceptors (Lipinski definition) is 3. The van der Waals surface area contributed by atoms with Crippen molar-refractivity contribution in [2.24, 2.45) is 16.7 Å². The third kappa shape index (κ3) is 4.00. The van der Waals surface area contributed by atoms with Crippen molar-refractivity contribution in [3.05, 3.63) is 0 Å². The van der Waals surface area contributed by atoms with Crippen molar-refractivity contribution in [2.45, 2.75) is 58.8 Å². The van der Waals surface area contributed by atoms with Gasteiger partial charge in [0.15, 0.2) is 0 Å². The third-order valence-electron chi connectivity index (χ3n) is 5.69. The van der Waals surface area contributed by atoms with Gasteiger partial charge in [-0.05, 0) is 37.0 Å². The van der Waals surface area contributed by atoms with Gasteiger partial charge in [0.1, 0.15) is 0 Å². The summed E-state index contributed by atoms with van der Waals surface area (Å²) in [4.78, 5) is 23.8. The van der Waals surface area contributed by atoms with Crippen molar-refractivity contribution in [3.63, 3.8) is 0 Å². The third-order valence-corrected chi connectivity index (χ3v) is 5.69. The van der Waals surface area contributed by atoms with Crippen molar-refractivity contribution in [1.29, 1.82) is 0 Å². The van der Waals surface area contributed by atoms with Gasteiger partial charge in [0.25, 0.3) is 0 Å². The molecular weight excluding hydrogens is 282 g/mol. The van der Waals surface area contributed by atoms with Crippen molar-refractivity contribution < 1.29 is 19.4 Å². The number of amides is 1. The zero-order valence-corrected chi connectivity index (χ0v) is 13.8. The molecule has 0 radical (unpaired) electrons. The van der Waals surface area contributed by atoms with E-state index in [9.17, 15) is 14.7 Å². The van der Waals surface area contributed by atoms with Crippen molar-refractivity contribution >= 4 is 11.9 Å². The SMILES string of the molecule is CC1(C)CCCCC1CC(=O)NCC1(C(=O)O)CCOCC1. The molecule has 5 heteroatoms. The van der Waals surface area contributed by atoms with Crippen LogP contribution in [0.15, 0.2) is 0 Å². The minimum atomic E-state index is -0.851. The second-order valence-electron chi connectivity index (χ2n) is 7.61. The highest BCUT2D eigenvalue weighted by atomic mass is 16.5. The normalized spacial score (nSPS) is 27.1. The molecule has 126 valence electrons. The lowest BCUT2D eigenvalue weighted by Gasteiger charge is -2.38. The van der Waals surface area contributed by atoms with Crippen LogP contribution < -0.4 is 5.32 Å². The summed E-state index contributed by atoms with van der Waals surface area (Å²) in [5, 5.41) is 12.4. The number of aliphatic carboxylic acids is 1. The van der Waals surface area contributed by atoms with Gasteiger partial charge >= 0.3 is 5.97 Å². The number of carbonyl (C=O) groups excluding carboxylic acids is 1.